The van der Waals surface area contributed by atoms with Crippen LogP contribution in [0, 0.1) is 0 Å². The van der Waals surface area contributed by atoms with Crippen LogP contribution in [0.1, 0.15) is 11.4 Å². The molecule has 2 aromatic carbocycles. The van der Waals surface area contributed by atoms with Gasteiger partial charge in [-0.2, -0.15) is 0 Å². The van der Waals surface area contributed by atoms with E-state index in [-0.39, 0.29) is 0 Å². The normalized spacial score (nSPS) is 12.0. The zero-order valence-corrected chi connectivity index (χ0v) is 12.2. The molecule has 94 valence electrons. The molecule has 0 saturated heterocycles. The largest absolute Gasteiger partial charge is 0.337 e. The van der Waals surface area contributed by atoms with Crippen molar-refractivity contribution in [2.75, 3.05) is 0 Å². The first-order valence-corrected chi connectivity index (χ1v) is 6.97. The smallest absolute Gasteiger partial charge is 0.150 e. The molecule has 0 aliphatic rings. The van der Waals surface area contributed by atoms with Crippen LogP contribution >= 0.6 is 27.5 Å². The maximum absolute atomic E-state index is 6.32. The van der Waals surface area contributed by atoms with Gasteiger partial charge < -0.3 is 4.98 Å². The molecule has 2 nitrogen and oxygen atoms in total. The van der Waals surface area contributed by atoms with Crippen molar-refractivity contribution in [3.8, 4) is 0 Å². The molecular weight excluding hydrogens is 324 g/mol. The Morgan fingerprint density at radius 3 is 2.79 bits per heavy atom. The predicted molar refractivity (Wildman–Crippen MR) is 84.0 cm³/mol. The van der Waals surface area contributed by atoms with Crippen molar-refractivity contribution in [1.82, 2.24) is 9.97 Å². The Morgan fingerprint density at radius 1 is 1.16 bits per heavy atom. The quantitative estimate of drug-likeness (QED) is 0.697. The number of fused-ring (bicyclic) bond motifs is 1. The lowest BCUT2D eigenvalue weighted by atomic mass is 10.2. The van der Waals surface area contributed by atoms with Gasteiger partial charge in [-0.1, -0.05) is 51.8 Å². The standard InChI is InChI=1S/C15H10BrClN2/c16-11-5-3-4-10(8-11)9-12(17)15-18-13-6-1-2-7-14(13)19-15/h1-9H,(H,18,19)/b12-9-. The van der Waals surface area contributed by atoms with E-state index in [0.29, 0.717) is 10.9 Å². The fourth-order valence-electron chi connectivity index (χ4n) is 1.88. The average Bonchev–Trinajstić information content (AvgIpc) is 2.82. The number of aromatic nitrogens is 2. The molecular formula is C15H10BrClN2. The molecule has 0 radical (unpaired) electrons. The maximum Gasteiger partial charge on any atom is 0.150 e. The molecule has 0 amide bonds. The van der Waals surface area contributed by atoms with Crippen LogP contribution in [0.3, 0.4) is 0 Å². The van der Waals surface area contributed by atoms with Crippen molar-refractivity contribution < 1.29 is 0 Å². The minimum Gasteiger partial charge on any atom is -0.337 e. The van der Waals surface area contributed by atoms with Gasteiger partial charge in [0.25, 0.3) is 0 Å². The number of nitrogens with zero attached hydrogens (tertiary/aromatic N) is 1. The molecule has 3 aromatic rings. The van der Waals surface area contributed by atoms with Gasteiger partial charge in [0, 0.05) is 4.47 Å². The Balaban J connectivity index is 2.01. The van der Waals surface area contributed by atoms with Gasteiger partial charge in [0.15, 0.2) is 0 Å². The summed E-state index contributed by atoms with van der Waals surface area (Å²) in [5.41, 5.74) is 2.93. The number of hydrogen-bond donors (Lipinski definition) is 1. The predicted octanol–water partition coefficient (Wildman–Crippen LogP) is 5.06. The zero-order chi connectivity index (χ0) is 13.2. The van der Waals surface area contributed by atoms with Gasteiger partial charge in [-0.3, -0.25) is 0 Å². The van der Waals surface area contributed by atoms with Gasteiger partial charge in [-0.15, -0.1) is 0 Å². The molecule has 0 atom stereocenters. The third-order valence-corrected chi connectivity index (χ3v) is 3.54. The van der Waals surface area contributed by atoms with Crippen molar-refractivity contribution >= 4 is 49.7 Å². The van der Waals surface area contributed by atoms with Crippen LogP contribution in [0.5, 0.6) is 0 Å². The summed E-state index contributed by atoms with van der Waals surface area (Å²) in [7, 11) is 0. The van der Waals surface area contributed by atoms with E-state index in [9.17, 15) is 0 Å². The van der Waals surface area contributed by atoms with Gasteiger partial charge in [-0.05, 0) is 35.9 Å². The van der Waals surface area contributed by atoms with Gasteiger partial charge in [0.2, 0.25) is 0 Å². The highest BCUT2D eigenvalue weighted by atomic mass is 79.9. The summed E-state index contributed by atoms with van der Waals surface area (Å²) in [6.45, 7) is 0. The first-order chi connectivity index (χ1) is 9.22. The Bertz CT molecular complexity index is 728. The van der Waals surface area contributed by atoms with E-state index in [0.717, 1.165) is 21.1 Å². The highest BCUT2D eigenvalue weighted by Gasteiger charge is 2.05. The van der Waals surface area contributed by atoms with E-state index in [2.05, 4.69) is 25.9 Å². The van der Waals surface area contributed by atoms with Crippen LogP contribution in [-0.2, 0) is 0 Å². The van der Waals surface area contributed by atoms with Crippen LogP contribution in [-0.4, -0.2) is 9.97 Å². The van der Waals surface area contributed by atoms with Crippen molar-refractivity contribution in [2.45, 2.75) is 0 Å². The summed E-state index contributed by atoms with van der Waals surface area (Å²) < 4.78 is 1.02. The summed E-state index contributed by atoms with van der Waals surface area (Å²) in [6.07, 6.45) is 1.89. The summed E-state index contributed by atoms with van der Waals surface area (Å²) >= 11 is 9.76. The summed E-state index contributed by atoms with van der Waals surface area (Å²) in [5.74, 6) is 0.683. The number of halogens is 2. The minimum absolute atomic E-state index is 0.592. The summed E-state index contributed by atoms with van der Waals surface area (Å²) in [6, 6.07) is 15.8. The fraction of sp³-hybridized carbons (Fsp3) is 0. The number of H-pyrrole nitrogens is 1. The molecule has 0 aliphatic heterocycles. The molecule has 1 heterocycles. The third-order valence-electron chi connectivity index (χ3n) is 2.76. The Morgan fingerprint density at radius 2 is 2.00 bits per heavy atom. The molecule has 0 saturated carbocycles. The Hall–Kier alpha value is -1.58. The van der Waals surface area contributed by atoms with Crippen LogP contribution in [0.4, 0.5) is 0 Å². The lowest BCUT2D eigenvalue weighted by molar-refractivity contribution is 1.29. The Kier molecular flexibility index (Phi) is 3.40. The number of imidazole rings is 1. The number of nitrogens with one attached hydrogen (secondary N) is 1. The first kappa shape index (κ1) is 12.5. The van der Waals surface area contributed by atoms with E-state index in [1.165, 1.54) is 0 Å². The molecule has 3 rings (SSSR count). The summed E-state index contributed by atoms with van der Waals surface area (Å²) in [4.78, 5) is 7.67. The number of para-hydroxylation sites is 2. The number of aromatic amines is 1. The van der Waals surface area contributed by atoms with Crippen LogP contribution < -0.4 is 0 Å². The minimum atomic E-state index is 0.592. The van der Waals surface area contributed by atoms with E-state index >= 15 is 0 Å². The second-order valence-electron chi connectivity index (χ2n) is 4.15. The lowest BCUT2D eigenvalue weighted by Gasteiger charge is -1.96. The number of hydrogen-bond acceptors (Lipinski definition) is 1. The second kappa shape index (κ2) is 5.19. The lowest BCUT2D eigenvalue weighted by Crippen LogP contribution is -1.80. The maximum atomic E-state index is 6.32. The topological polar surface area (TPSA) is 28.7 Å². The van der Waals surface area contributed by atoms with Gasteiger partial charge in [0.05, 0.1) is 16.1 Å². The van der Waals surface area contributed by atoms with E-state index in [4.69, 9.17) is 11.6 Å². The van der Waals surface area contributed by atoms with Crippen molar-refractivity contribution in [2.24, 2.45) is 0 Å². The highest BCUT2D eigenvalue weighted by Crippen LogP contribution is 2.23. The molecule has 1 aromatic heterocycles. The van der Waals surface area contributed by atoms with E-state index in [1.54, 1.807) is 0 Å². The number of benzene rings is 2. The zero-order valence-electron chi connectivity index (χ0n) is 9.90. The molecule has 0 unspecified atom stereocenters. The molecule has 0 spiro atoms. The van der Waals surface area contributed by atoms with Crippen molar-refractivity contribution in [3.05, 3.63) is 64.4 Å². The SMILES string of the molecule is Cl/C(=C\c1cccc(Br)c1)c1nc2ccccc2[nH]1. The molecule has 19 heavy (non-hydrogen) atoms. The first-order valence-electron chi connectivity index (χ1n) is 5.80. The Labute approximate surface area is 124 Å². The third kappa shape index (κ3) is 2.72. The van der Waals surface area contributed by atoms with Crippen LogP contribution in [0.2, 0.25) is 0 Å². The van der Waals surface area contributed by atoms with Crippen LogP contribution in [0.25, 0.3) is 22.1 Å². The second-order valence-corrected chi connectivity index (χ2v) is 5.47. The van der Waals surface area contributed by atoms with E-state index in [1.807, 2.05) is 54.6 Å². The molecule has 0 aliphatic carbocycles. The van der Waals surface area contributed by atoms with Gasteiger partial charge in [-0.25, -0.2) is 4.98 Å². The van der Waals surface area contributed by atoms with Gasteiger partial charge >= 0.3 is 0 Å². The average molecular weight is 334 g/mol. The molecule has 4 heteroatoms. The molecule has 1 N–H and O–H groups in total. The van der Waals surface area contributed by atoms with Gasteiger partial charge in [0.1, 0.15) is 5.82 Å². The van der Waals surface area contributed by atoms with Crippen molar-refractivity contribution in [3.63, 3.8) is 0 Å². The van der Waals surface area contributed by atoms with Crippen molar-refractivity contribution in [1.29, 1.82) is 0 Å². The molecule has 0 bridgehead atoms. The van der Waals surface area contributed by atoms with Crippen LogP contribution in [0.15, 0.2) is 53.0 Å². The number of rotatable bonds is 2. The molecule has 0 fully saturated rings. The summed E-state index contributed by atoms with van der Waals surface area (Å²) in [5, 5.41) is 0.592. The van der Waals surface area contributed by atoms with E-state index < -0.39 is 0 Å². The fourth-order valence-corrected chi connectivity index (χ4v) is 2.51. The monoisotopic (exact) mass is 332 g/mol. The highest BCUT2D eigenvalue weighted by molar-refractivity contribution is 9.10.